The molecule has 0 bridgehead atoms. The van der Waals surface area contributed by atoms with Gasteiger partial charge in [-0.3, -0.25) is 0 Å². The zero-order valence-corrected chi connectivity index (χ0v) is 20.7. The van der Waals surface area contributed by atoms with Crippen molar-refractivity contribution in [3.8, 4) is 16.9 Å². The number of aryl methyl sites for hydroxylation is 1. The number of aliphatic carboxylic acids is 1. The van der Waals surface area contributed by atoms with Crippen LogP contribution < -0.4 is 14.7 Å². The number of carbonyl (C=O) groups is 1. The van der Waals surface area contributed by atoms with E-state index in [-0.39, 0.29) is 11.5 Å². The number of hydrogen-bond donors (Lipinski definition) is 0. The summed E-state index contributed by atoms with van der Waals surface area (Å²) in [6.07, 6.45) is 2.96. The molecule has 2 aromatic rings. The van der Waals surface area contributed by atoms with Gasteiger partial charge in [0.2, 0.25) is 0 Å². The topological polar surface area (TPSA) is 52.6 Å². The average molecular weight is 437 g/mol. The molecule has 2 aliphatic rings. The largest absolute Gasteiger partial charge is 0.550 e. The van der Waals surface area contributed by atoms with E-state index in [9.17, 15) is 9.90 Å². The minimum atomic E-state index is -0.952. The minimum absolute atomic E-state index is 0.129. The molecule has 4 rings (SSSR count). The fourth-order valence-electron chi connectivity index (χ4n) is 4.00. The zero-order chi connectivity index (χ0) is 23.7. The van der Waals surface area contributed by atoms with Crippen molar-refractivity contribution < 1.29 is 14.6 Å². The van der Waals surface area contributed by atoms with Crippen LogP contribution in [0.25, 0.3) is 11.1 Å². The molecule has 0 spiro atoms. The Bertz CT molecular complexity index is 959. The lowest BCUT2D eigenvalue weighted by Gasteiger charge is -2.41. The van der Waals surface area contributed by atoms with E-state index >= 15 is 0 Å². The third kappa shape index (κ3) is 6.05. The van der Waals surface area contributed by atoms with Crippen molar-refractivity contribution in [1.29, 1.82) is 0 Å². The molecule has 174 valence electrons. The summed E-state index contributed by atoms with van der Waals surface area (Å²) < 4.78 is 6.29. The molecule has 0 saturated carbocycles. The SMILES string of the molecule is CC(C)(C)C.CCc1cc2c(c(-c3cccc(N4CC(C(=O)[O-])C4)c3)c1)CCC(C)(C)O2. The van der Waals surface area contributed by atoms with E-state index in [0.29, 0.717) is 18.5 Å². The summed E-state index contributed by atoms with van der Waals surface area (Å²) in [6.45, 7) is 16.3. The van der Waals surface area contributed by atoms with Crippen LogP contribution in [0, 0.1) is 11.3 Å². The number of rotatable bonds is 4. The molecular formula is C28H38NO3-. The van der Waals surface area contributed by atoms with Crippen molar-refractivity contribution in [3.05, 3.63) is 47.5 Å². The molecule has 0 atom stereocenters. The van der Waals surface area contributed by atoms with Crippen LogP contribution in [0.5, 0.6) is 5.75 Å². The van der Waals surface area contributed by atoms with E-state index in [1.165, 1.54) is 22.3 Å². The number of hydrogen-bond acceptors (Lipinski definition) is 4. The molecule has 0 aromatic heterocycles. The third-order valence-electron chi connectivity index (χ3n) is 5.78. The fraction of sp³-hybridized carbons (Fsp3) is 0.536. The maximum atomic E-state index is 11.0. The van der Waals surface area contributed by atoms with Gasteiger partial charge < -0.3 is 19.5 Å². The molecule has 2 aromatic carbocycles. The molecule has 4 heteroatoms. The average Bonchev–Trinajstić information content (AvgIpc) is 2.63. The zero-order valence-electron chi connectivity index (χ0n) is 20.7. The quantitative estimate of drug-likeness (QED) is 0.656. The van der Waals surface area contributed by atoms with E-state index in [2.05, 4.69) is 83.7 Å². The van der Waals surface area contributed by atoms with Crippen LogP contribution in [-0.4, -0.2) is 24.7 Å². The molecule has 0 radical (unpaired) electrons. The summed E-state index contributed by atoms with van der Waals surface area (Å²) in [4.78, 5) is 13.1. The number of anilines is 1. The van der Waals surface area contributed by atoms with Crippen molar-refractivity contribution in [2.75, 3.05) is 18.0 Å². The third-order valence-corrected chi connectivity index (χ3v) is 5.78. The van der Waals surface area contributed by atoms with Crippen molar-refractivity contribution >= 4 is 11.7 Å². The summed E-state index contributed by atoms with van der Waals surface area (Å²) in [5.41, 5.74) is 6.39. The lowest BCUT2D eigenvalue weighted by atomic mass is 9.87. The lowest BCUT2D eigenvalue weighted by molar-refractivity contribution is -0.312. The molecule has 4 nitrogen and oxygen atoms in total. The van der Waals surface area contributed by atoms with E-state index < -0.39 is 5.97 Å². The summed E-state index contributed by atoms with van der Waals surface area (Å²) >= 11 is 0. The Kier molecular flexibility index (Phi) is 6.92. The first-order valence-electron chi connectivity index (χ1n) is 11.8. The Morgan fingerprint density at radius 3 is 2.41 bits per heavy atom. The van der Waals surface area contributed by atoms with Crippen LogP contribution >= 0.6 is 0 Å². The predicted molar refractivity (Wildman–Crippen MR) is 130 cm³/mol. The maximum absolute atomic E-state index is 11.0. The highest BCUT2D eigenvalue weighted by molar-refractivity contribution is 5.77. The van der Waals surface area contributed by atoms with Gasteiger partial charge in [0, 0.05) is 36.2 Å². The molecule has 0 unspecified atom stereocenters. The lowest BCUT2D eigenvalue weighted by Crippen LogP contribution is -2.54. The molecule has 0 amide bonds. The molecule has 2 aliphatic heterocycles. The second-order valence-corrected chi connectivity index (χ2v) is 11.3. The Morgan fingerprint density at radius 1 is 1.16 bits per heavy atom. The Morgan fingerprint density at radius 2 is 1.81 bits per heavy atom. The highest BCUT2D eigenvalue weighted by Gasteiger charge is 2.30. The van der Waals surface area contributed by atoms with Crippen LogP contribution in [0.4, 0.5) is 5.69 Å². The summed E-state index contributed by atoms with van der Waals surface area (Å²) in [5, 5.41) is 11.0. The molecule has 1 saturated heterocycles. The van der Waals surface area contributed by atoms with Crippen molar-refractivity contribution in [2.24, 2.45) is 11.3 Å². The second kappa shape index (κ2) is 9.17. The van der Waals surface area contributed by atoms with Crippen LogP contribution in [-0.2, 0) is 17.6 Å². The van der Waals surface area contributed by atoms with E-state index in [1.54, 1.807) is 0 Å². The van der Waals surface area contributed by atoms with Crippen molar-refractivity contribution in [2.45, 2.75) is 73.3 Å². The van der Waals surface area contributed by atoms with Crippen molar-refractivity contribution in [3.63, 3.8) is 0 Å². The Balaban J connectivity index is 0.000000523. The van der Waals surface area contributed by atoms with E-state index in [1.807, 2.05) is 6.07 Å². The second-order valence-electron chi connectivity index (χ2n) is 11.3. The summed E-state index contributed by atoms with van der Waals surface area (Å²) in [5.74, 6) is -0.306. The summed E-state index contributed by atoms with van der Waals surface area (Å²) in [7, 11) is 0. The van der Waals surface area contributed by atoms with Gasteiger partial charge in [0.1, 0.15) is 11.4 Å². The van der Waals surface area contributed by atoms with Crippen LogP contribution in [0.3, 0.4) is 0 Å². The maximum Gasteiger partial charge on any atom is 0.124 e. The van der Waals surface area contributed by atoms with Gasteiger partial charge in [-0.15, -0.1) is 0 Å². The molecule has 32 heavy (non-hydrogen) atoms. The molecule has 0 aliphatic carbocycles. The van der Waals surface area contributed by atoms with E-state index in [4.69, 9.17) is 4.74 Å². The highest BCUT2D eigenvalue weighted by atomic mass is 16.5. The summed E-state index contributed by atoms with van der Waals surface area (Å²) in [6, 6.07) is 12.9. The normalized spacial score (nSPS) is 17.4. The number of ether oxygens (including phenoxy) is 1. The monoisotopic (exact) mass is 436 g/mol. The Hall–Kier alpha value is -2.49. The number of carboxylic acids is 1. The highest BCUT2D eigenvalue weighted by Crippen LogP contribution is 2.41. The van der Waals surface area contributed by atoms with Gasteiger partial charge in [0.05, 0.1) is 0 Å². The van der Waals surface area contributed by atoms with Crippen LogP contribution in [0.1, 0.15) is 66.0 Å². The van der Waals surface area contributed by atoms with Gasteiger partial charge in [0.15, 0.2) is 0 Å². The number of fused-ring (bicyclic) bond motifs is 1. The fourth-order valence-corrected chi connectivity index (χ4v) is 4.00. The van der Waals surface area contributed by atoms with Gasteiger partial charge in [-0.25, -0.2) is 0 Å². The van der Waals surface area contributed by atoms with Gasteiger partial charge >= 0.3 is 0 Å². The van der Waals surface area contributed by atoms with Crippen molar-refractivity contribution in [1.82, 2.24) is 0 Å². The smallest absolute Gasteiger partial charge is 0.124 e. The van der Waals surface area contributed by atoms with Gasteiger partial charge in [0.25, 0.3) is 0 Å². The first kappa shape index (κ1) is 24.2. The van der Waals surface area contributed by atoms with E-state index in [0.717, 1.165) is 30.7 Å². The first-order valence-corrected chi connectivity index (χ1v) is 11.8. The van der Waals surface area contributed by atoms with Crippen LogP contribution in [0.15, 0.2) is 36.4 Å². The number of nitrogens with zero attached hydrogens (tertiary/aromatic N) is 1. The van der Waals surface area contributed by atoms with Gasteiger partial charge in [-0.05, 0) is 73.4 Å². The Labute approximate surface area is 193 Å². The number of carbonyl (C=O) groups excluding carboxylic acids is 1. The van der Waals surface area contributed by atoms with Gasteiger partial charge in [-0.1, -0.05) is 52.8 Å². The number of carboxylic acid groups (broad SMARTS) is 1. The predicted octanol–water partition coefficient (Wildman–Crippen LogP) is 5.26. The molecular weight excluding hydrogens is 398 g/mol. The molecule has 1 fully saturated rings. The minimum Gasteiger partial charge on any atom is -0.550 e. The molecule has 2 heterocycles. The standard InChI is InChI=1S/C23H27NO3.C5H12/c1-4-15-10-20(19-8-9-23(2,3)27-21(19)11-15)16-6-5-7-18(12-16)24-13-17(14-24)22(25)26;1-5(2,3)4/h5-7,10-12,17H,4,8-9,13-14H2,1-3H3,(H,25,26);1-4H3/p-1. The molecule has 0 N–H and O–H groups in total. The number of benzene rings is 2. The van der Waals surface area contributed by atoms with Gasteiger partial charge in [-0.2, -0.15) is 0 Å². The van der Waals surface area contributed by atoms with Crippen LogP contribution in [0.2, 0.25) is 0 Å². The first-order chi connectivity index (χ1) is 14.9.